The third-order valence-electron chi connectivity index (χ3n) is 3.68. The predicted octanol–water partition coefficient (Wildman–Crippen LogP) is 4.64. The van der Waals surface area contributed by atoms with Gasteiger partial charge in [0, 0.05) is 13.5 Å². The summed E-state index contributed by atoms with van der Waals surface area (Å²) in [7, 11) is 1.61. The fourth-order valence-electron chi connectivity index (χ4n) is 2.20. The van der Waals surface area contributed by atoms with Crippen LogP contribution < -0.4 is 5.32 Å². The van der Waals surface area contributed by atoms with Crippen LogP contribution in [0.3, 0.4) is 0 Å². The molecule has 28 heavy (non-hydrogen) atoms. The molecule has 1 rings (SSSR count). The van der Waals surface area contributed by atoms with E-state index >= 15 is 0 Å². The second kappa shape index (κ2) is 11.7. The van der Waals surface area contributed by atoms with Crippen LogP contribution in [-0.4, -0.2) is 42.5 Å². The molecule has 0 heterocycles. The number of nitrogens with one attached hydrogen (secondary N) is 1. The van der Waals surface area contributed by atoms with E-state index in [-0.39, 0.29) is 11.7 Å². The van der Waals surface area contributed by atoms with E-state index in [0.717, 1.165) is 0 Å². The Labute approximate surface area is 169 Å². The van der Waals surface area contributed by atoms with Crippen molar-refractivity contribution >= 4 is 12.1 Å². The quantitative estimate of drug-likeness (QED) is 0.710. The molecule has 0 aliphatic heterocycles. The fourth-order valence-corrected chi connectivity index (χ4v) is 2.20. The number of methoxy groups -OCH3 is 1. The summed E-state index contributed by atoms with van der Waals surface area (Å²) in [6.07, 6.45) is -0.388. The Morgan fingerprint density at radius 2 is 1.57 bits per heavy atom. The summed E-state index contributed by atoms with van der Waals surface area (Å²) in [6, 6.07) is 9.49. The summed E-state index contributed by atoms with van der Waals surface area (Å²) in [5.74, 6) is -0.500. The van der Waals surface area contributed by atoms with Crippen LogP contribution in [0, 0.1) is 6.92 Å². The molecule has 0 saturated heterocycles. The van der Waals surface area contributed by atoms with Gasteiger partial charge in [-0.25, -0.2) is 9.59 Å². The third kappa shape index (κ3) is 13.1. The van der Waals surface area contributed by atoms with Gasteiger partial charge in [-0.15, -0.1) is 0 Å². The van der Waals surface area contributed by atoms with Crippen molar-refractivity contribution in [3.63, 3.8) is 0 Å². The maximum absolute atomic E-state index is 11.9. The summed E-state index contributed by atoms with van der Waals surface area (Å²) in [5, 5.41) is 2.45. The van der Waals surface area contributed by atoms with E-state index in [1.807, 2.05) is 32.0 Å². The molecule has 2 atom stereocenters. The zero-order valence-electron chi connectivity index (χ0n) is 18.8. The molecular weight excluding hydrogens is 358 g/mol. The van der Waals surface area contributed by atoms with Gasteiger partial charge in [0.25, 0.3) is 0 Å². The van der Waals surface area contributed by atoms with Crippen molar-refractivity contribution < 1.29 is 23.8 Å². The number of amides is 1. The van der Waals surface area contributed by atoms with Gasteiger partial charge in [0.15, 0.2) is 0 Å². The molecule has 0 unspecified atom stereocenters. The normalized spacial score (nSPS) is 13.5. The van der Waals surface area contributed by atoms with E-state index < -0.39 is 23.7 Å². The number of hydrogen-bond acceptors (Lipinski definition) is 5. The second-order valence-electron chi connectivity index (χ2n) is 8.44. The Morgan fingerprint density at radius 1 is 1.04 bits per heavy atom. The van der Waals surface area contributed by atoms with E-state index in [9.17, 15) is 9.59 Å². The average Bonchev–Trinajstić information content (AvgIpc) is 2.53. The molecular formula is C22H37NO5. The lowest BCUT2D eigenvalue weighted by Gasteiger charge is -2.27. The van der Waals surface area contributed by atoms with Crippen LogP contribution in [0.2, 0.25) is 0 Å². The molecule has 1 aromatic rings. The monoisotopic (exact) mass is 395 g/mol. The molecule has 6 nitrogen and oxygen atoms in total. The van der Waals surface area contributed by atoms with Gasteiger partial charge in [0.05, 0.1) is 5.60 Å². The standard InChI is InChI=1S/C15H29NO5.C7H8/c1-10(9-15(6,7)19-8)20-12(17)11(2)16-13(18)21-14(3,4)5;1-7-5-3-2-4-6-7/h10-11H,9H2,1-8H3,(H,16,18);2-6H,1H3/t10-,11-;/m0./s1. The highest BCUT2D eigenvalue weighted by Crippen LogP contribution is 2.17. The molecule has 1 aromatic carbocycles. The Balaban J connectivity index is 0.000000861. The number of carbonyl (C=O) groups is 2. The summed E-state index contributed by atoms with van der Waals surface area (Å²) in [4.78, 5) is 23.5. The second-order valence-corrected chi connectivity index (χ2v) is 8.44. The Bertz CT molecular complexity index is 593. The summed E-state index contributed by atoms with van der Waals surface area (Å²) in [5.41, 5.74) is 0.341. The van der Waals surface area contributed by atoms with Crippen LogP contribution >= 0.6 is 0 Å². The highest BCUT2D eigenvalue weighted by Gasteiger charge is 2.26. The first-order valence-electron chi connectivity index (χ1n) is 9.52. The van der Waals surface area contributed by atoms with Gasteiger partial charge >= 0.3 is 12.1 Å². The largest absolute Gasteiger partial charge is 0.461 e. The van der Waals surface area contributed by atoms with Crippen molar-refractivity contribution in [3.8, 4) is 0 Å². The van der Waals surface area contributed by atoms with Crippen LogP contribution in [0.4, 0.5) is 4.79 Å². The van der Waals surface area contributed by atoms with Gasteiger partial charge in [0.2, 0.25) is 0 Å². The maximum Gasteiger partial charge on any atom is 0.408 e. The molecule has 160 valence electrons. The van der Waals surface area contributed by atoms with Gasteiger partial charge in [0.1, 0.15) is 17.7 Å². The summed E-state index contributed by atoms with van der Waals surface area (Å²) >= 11 is 0. The summed E-state index contributed by atoms with van der Waals surface area (Å²) < 4.78 is 15.7. The predicted molar refractivity (Wildman–Crippen MR) is 111 cm³/mol. The van der Waals surface area contributed by atoms with E-state index in [0.29, 0.717) is 6.42 Å². The highest BCUT2D eigenvalue weighted by molar-refractivity contribution is 5.81. The van der Waals surface area contributed by atoms with Crippen LogP contribution in [0.5, 0.6) is 0 Å². The first kappa shape index (κ1) is 25.9. The summed E-state index contributed by atoms with van der Waals surface area (Å²) in [6.45, 7) is 14.5. The van der Waals surface area contributed by atoms with Crippen molar-refractivity contribution in [1.82, 2.24) is 5.32 Å². The highest BCUT2D eigenvalue weighted by atomic mass is 16.6. The van der Waals surface area contributed by atoms with Crippen LogP contribution in [-0.2, 0) is 19.0 Å². The van der Waals surface area contributed by atoms with E-state index in [1.54, 1.807) is 41.7 Å². The number of hydrogen-bond donors (Lipinski definition) is 1. The number of benzene rings is 1. The number of ether oxygens (including phenoxy) is 3. The lowest BCUT2D eigenvalue weighted by atomic mass is 10.0. The molecule has 1 N–H and O–H groups in total. The van der Waals surface area contributed by atoms with Gasteiger partial charge in [-0.2, -0.15) is 0 Å². The lowest BCUT2D eigenvalue weighted by molar-refractivity contribution is -0.153. The van der Waals surface area contributed by atoms with Crippen LogP contribution in [0.15, 0.2) is 30.3 Å². The van der Waals surface area contributed by atoms with Crippen molar-refractivity contribution in [2.75, 3.05) is 7.11 Å². The van der Waals surface area contributed by atoms with Crippen molar-refractivity contribution in [1.29, 1.82) is 0 Å². The third-order valence-corrected chi connectivity index (χ3v) is 3.68. The first-order valence-corrected chi connectivity index (χ1v) is 9.52. The molecule has 0 fully saturated rings. The van der Waals surface area contributed by atoms with E-state index in [1.165, 1.54) is 5.56 Å². The zero-order chi connectivity index (χ0) is 22.0. The Kier molecular flexibility index (Phi) is 10.8. The molecule has 1 amide bonds. The van der Waals surface area contributed by atoms with Crippen LogP contribution in [0.1, 0.15) is 60.5 Å². The average molecular weight is 396 g/mol. The smallest absolute Gasteiger partial charge is 0.408 e. The number of esters is 1. The van der Waals surface area contributed by atoms with Gasteiger partial charge in [-0.3, -0.25) is 0 Å². The minimum Gasteiger partial charge on any atom is -0.461 e. The molecule has 6 heteroatoms. The number of carbonyl (C=O) groups excluding carboxylic acids is 2. The van der Waals surface area contributed by atoms with E-state index in [2.05, 4.69) is 24.4 Å². The van der Waals surface area contributed by atoms with Gasteiger partial charge < -0.3 is 19.5 Å². The first-order chi connectivity index (χ1) is 12.8. The number of aryl methyl sites for hydroxylation is 1. The lowest BCUT2D eigenvalue weighted by Crippen LogP contribution is -2.43. The molecule has 0 bridgehead atoms. The van der Waals surface area contributed by atoms with E-state index in [4.69, 9.17) is 14.2 Å². The Hall–Kier alpha value is -2.08. The SMILES string of the molecule is COC(C)(C)C[C@H](C)OC(=O)[C@H](C)NC(=O)OC(C)(C)C.Cc1ccccc1. The molecule has 0 saturated carbocycles. The molecule has 0 radical (unpaired) electrons. The molecule has 0 spiro atoms. The topological polar surface area (TPSA) is 73.9 Å². The van der Waals surface area contributed by atoms with Crippen LogP contribution in [0.25, 0.3) is 0 Å². The zero-order valence-corrected chi connectivity index (χ0v) is 18.8. The van der Waals surface area contributed by atoms with Gasteiger partial charge in [-0.1, -0.05) is 35.9 Å². The molecule has 0 aliphatic carbocycles. The van der Waals surface area contributed by atoms with Crippen molar-refractivity contribution in [2.45, 2.75) is 85.2 Å². The van der Waals surface area contributed by atoms with Crippen molar-refractivity contribution in [2.24, 2.45) is 0 Å². The number of rotatable bonds is 6. The minimum absolute atomic E-state index is 0.310. The minimum atomic E-state index is -0.770. The molecule has 0 aromatic heterocycles. The maximum atomic E-state index is 11.9. The number of alkyl carbamates (subject to hydrolysis) is 1. The Morgan fingerprint density at radius 3 is 1.96 bits per heavy atom. The van der Waals surface area contributed by atoms with Gasteiger partial charge in [-0.05, 0) is 55.4 Å². The van der Waals surface area contributed by atoms with Crippen molar-refractivity contribution in [3.05, 3.63) is 35.9 Å². The molecule has 0 aliphatic rings. The fraction of sp³-hybridized carbons (Fsp3) is 0.636.